The molecule has 0 aliphatic carbocycles. The summed E-state index contributed by atoms with van der Waals surface area (Å²) in [6.07, 6.45) is -1.65. The summed E-state index contributed by atoms with van der Waals surface area (Å²) in [6, 6.07) is 42.6. The second-order valence-electron chi connectivity index (χ2n) is 13.1. The van der Waals surface area contributed by atoms with E-state index in [1.54, 1.807) is 24.3 Å². The van der Waals surface area contributed by atoms with Crippen LogP contribution in [0.3, 0.4) is 0 Å². The van der Waals surface area contributed by atoms with Crippen molar-refractivity contribution in [3.8, 4) is 34.1 Å². The van der Waals surface area contributed by atoms with E-state index in [4.69, 9.17) is 18.9 Å². The van der Waals surface area contributed by atoms with Gasteiger partial charge in [-0.05, 0) is 84.6 Å². The van der Waals surface area contributed by atoms with Crippen LogP contribution in [0.2, 0.25) is 0 Å². The molecule has 254 valence electrons. The summed E-state index contributed by atoms with van der Waals surface area (Å²) in [6.45, 7) is 8.03. The Hall–Kier alpha value is -6.66. The molecule has 6 nitrogen and oxygen atoms in total. The lowest BCUT2D eigenvalue weighted by molar-refractivity contribution is 0.152. The number of hydrogen-bond donors (Lipinski definition) is 0. The lowest BCUT2D eigenvalue weighted by Crippen LogP contribution is -2.14. The molecule has 0 fully saturated rings. The summed E-state index contributed by atoms with van der Waals surface area (Å²) in [4.78, 5) is 26.6. The Morgan fingerprint density at radius 1 is 0.346 bits per heavy atom. The SMILES string of the molecule is Cc1ccc(OC(=O)Oc2c3ccccc3c(-c3c4ccccc4c(OC(=O)Oc4ccc(C)cc4)c4ccc(C)cc34)c3cc(C)ccc23)cc1. The largest absolute Gasteiger partial charge is 0.519 e. The van der Waals surface area contributed by atoms with Crippen LogP contribution in [-0.4, -0.2) is 12.3 Å². The highest BCUT2D eigenvalue weighted by Gasteiger charge is 2.25. The van der Waals surface area contributed by atoms with Gasteiger partial charge in [0.25, 0.3) is 0 Å². The van der Waals surface area contributed by atoms with E-state index in [0.29, 0.717) is 23.0 Å². The van der Waals surface area contributed by atoms with Gasteiger partial charge in [-0.1, -0.05) is 131 Å². The first-order chi connectivity index (χ1) is 25.2. The number of carbonyl (C=O) groups is 2. The molecule has 0 atom stereocenters. The lowest BCUT2D eigenvalue weighted by atomic mass is 9.84. The molecule has 0 unspecified atom stereocenters. The van der Waals surface area contributed by atoms with Crippen molar-refractivity contribution < 1.29 is 28.5 Å². The minimum absolute atomic E-state index is 0.398. The van der Waals surface area contributed by atoms with E-state index in [2.05, 4.69) is 12.1 Å². The lowest BCUT2D eigenvalue weighted by Gasteiger charge is -2.21. The minimum Gasteiger partial charge on any atom is -0.395 e. The Kier molecular flexibility index (Phi) is 8.28. The first-order valence-electron chi connectivity index (χ1n) is 17.1. The third-order valence-corrected chi connectivity index (χ3v) is 9.33. The zero-order valence-corrected chi connectivity index (χ0v) is 29.2. The highest BCUT2D eigenvalue weighted by atomic mass is 16.7. The van der Waals surface area contributed by atoms with Crippen LogP contribution in [0.15, 0.2) is 133 Å². The Morgan fingerprint density at radius 3 is 1.06 bits per heavy atom. The fourth-order valence-corrected chi connectivity index (χ4v) is 6.88. The summed E-state index contributed by atoms with van der Waals surface area (Å²) in [5.41, 5.74) is 6.13. The molecule has 0 saturated carbocycles. The predicted molar refractivity (Wildman–Crippen MR) is 207 cm³/mol. The number of hydrogen-bond acceptors (Lipinski definition) is 6. The average molecular weight is 683 g/mol. The molecule has 0 radical (unpaired) electrons. The zero-order valence-electron chi connectivity index (χ0n) is 29.2. The standard InChI is InChI=1S/C46H34O6/c1-27-13-19-31(20-14-27)49-45(47)51-43-35-11-7-5-9-33(35)41(39-25-29(3)17-23-37(39)43)42-34-10-6-8-12-36(34)44(38-24-18-30(4)26-40(38)42)52-46(48)50-32-21-15-28(2)16-22-32/h5-26H,1-4H3. The van der Waals surface area contributed by atoms with Gasteiger partial charge in [-0.25, -0.2) is 9.59 Å². The van der Waals surface area contributed by atoms with Crippen LogP contribution in [0.25, 0.3) is 54.2 Å². The van der Waals surface area contributed by atoms with Gasteiger partial charge >= 0.3 is 12.3 Å². The van der Waals surface area contributed by atoms with Gasteiger partial charge in [0.1, 0.15) is 23.0 Å². The normalized spacial score (nSPS) is 11.2. The fraction of sp³-hybridized carbons (Fsp3) is 0.0870. The molecule has 0 aliphatic rings. The molecule has 0 spiro atoms. The molecule has 0 saturated heterocycles. The Bertz CT molecular complexity index is 2500. The van der Waals surface area contributed by atoms with Crippen molar-refractivity contribution >= 4 is 55.4 Å². The molecule has 8 rings (SSSR count). The second kappa shape index (κ2) is 13.2. The van der Waals surface area contributed by atoms with Crippen LogP contribution in [0.5, 0.6) is 23.0 Å². The number of benzene rings is 8. The van der Waals surface area contributed by atoms with E-state index in [-0.39, 0.29) is 0 Å². The quantitative estimate of drug-likeness (QED) is 0.102. The van der Waals surface area contributed by atoms with E-state index < -0.39 is 12.3 Å². The van der Waals surface area contributed by atoms with Gasteiger partial charge in [0.15, 0.2) is 0 Å². The van der Waals surface area contributed by atoms with Gasteiger partial charge < -0.3 is 18.9 Å². The molecular formula is C46H34O6. The maximum absolute atomic E-state index is 13.3. The van der Waals surface area contributed by atoms with Gasteiger partial charge in [-0.15, -0.1) is 0 Å². The van der Waals surface area contributed by atoms with Crippen LogP contribution in [0.1, 0.15) is 22.3 Å². The molecular weight excluding hydrogens is 648 g/mol. The van der Waals surface area contributed by atoms with Crippen molar-refractivity contribution in [1.29, 1.82) is 0 Å². The first kappa shape index (κ1) is 32.5. The Labute approximate surface area is 300 Å². The second-order valence-corrected chi connectivity index (χ2v) is 13.1. The molecule has 6 heteroatoms. The number of carbonyl (C=O) groups excluding carboxylic acids is 2. The van der Waals surface area contributed by atoms with E-state index >= 15 is 0 Å². The van der Waals surface area contributed by atoms with Crippen LogP contribution in [-0.2, 0) is 0 Å². The number of ether oxygens (including phenoxy) is 4. The van der Waals surface area contributed by atoms with Gasteiger partial charge in [0.2, 0.25) is 0 Å². The molecule has 0 heterocycles. The summed E-state index contributed by atoms with van der Waals surface area (Å²) >= 11 is 0. The molecule has 0 N–H and O–H groups in total. The van der Waals surface area contributed by atoms with Crippen molar-refractivity contribution in [2.75, 3.05) is 0 Å². The van der Waals surface area contributed by atoms with E-state index in [9.17, 15) is 9.59 Å². The third kappa shape index (κ3) is 6.05. The Balaban J connectivity index is 1.36. The molecule has 0 amide bonds. The van der Waals surface area contributed by atoms with Gasteiger partial charge in [0.05, 0.1) is 0 Å². The topological polar surface area (TPSA) is 71.1 Å². The van der Waals surface area contributed by atoms with Crippen molar-refractivity contribution in [2.45, 2.75) is 27.7 Å². The maximum Gasteiger partial charge on any atom is 0.519 e. The van der Waals surface area contributed by atoms with E-state index in [0.717, 1.165) is 76.5 Å². The van der Waals surface area contributed by atoms with Gasteiger partial charge in [-0.3, -0.25) is 0 Å². The van der Waals surface area contributed by atoms with Crippen LogP contribution >= 0.6 is 0 Å². The van der Waals surface area contributed by atoms with Crippen molar-refractivity contribution in [3.63, 3.8) is 0 Å². The smallest absolute Gasteiger partial charge is 0.395 e. The monoisotopic (exact) mass is 682 g/mol. The molecule has 0 bridgehead atoms. The number of fused-ring (bicyclic) bond motifs is 4. The minimum atomic E-state index is -0.825. The van der Waals surface area contributed by atoms with Crippen molar-refractivity contribution in [3.05, 3.63) is 156 Å². The number of aryl methyl sites for hydroxylation is 4. The van der Waals surface area contributed by atoms with Crippen LogP contribution in [0.4, 0.5) is 9.59 Å². The summed E-state index contributed by atoms with van der Waals surface area (Å²) in [5, 5.41) is 6.59. The van der Waals surface area contributed by atoms with E-state index in [1.165, 1.54) is 0 Å². The molecule has 8 aromatic rings. The summed E-state index contributed by atoms with van der Waals surface area (Å²) in [7, 11) is 0. The zero-order chi connectivity index (χ0) is 35.9. The average Bonchev–Trinajstić information content (AvgIpc) is 3.14. The predicted octanol–water partition coefficient (Wildman–Crippen LogP) is 12.4. The molecule has 0 aromatic heterocycles. The number of rotatable bonds is 5. The Morgan fingerprint density at radius 2 is 0.673 bits per heavy atom. The third-order valence-electron chi connectivity index (χ3n) is 9.33. The van der Waals surface area contributed by atoms with Gasteiger partial charge in [0, 0.05) is 21.5 Å². The van der Waals surface area contributed by atoms with Crippen LogP contribution in [0, 0.1) is 27.7 Å². The summed E-state index contributed by atoms with van der Waals surface area (Å²) in [5.74, 6) is 1.62. The molecule has 52 heavy (non-hydrogen) atoms. The fourth-order valence-electron chi connectivity index (χ4n) is 6.88. The highest BCUT2D eigenvalue weighted by molar-refractivity contribution is 6.27. The molecule has 8 aromatic carbocycles. The van der Waals surface area contributed by atoms with E-state index in [1.807, 2.05) is 125 Å². The highest BCUT2D eigenvalue weighted by Crippen LogP contribution is 2.50. The van der Waals surface area contributed by atoms with Gasteiger partial charge in [-0.2, -0.15) is 0 Å². The van der Waals surface area contributed by atoms with Crippen molar-refractivity contribution in [1.82, 2.24) is 0 Å². The first-order valence-corrected chi connectivity index (χ1v) is 17.1. The molecule has 0 aliphatic heterocycles. The van der Waals surface area contributed by atoms with Crippen molar-refractivity contribution in [2.24, 2.45) is 0 Å². The van der Waals surface area contributed by atoms with Crippen LogP contribution < -0.4 is 18.9 Å². The maximum atomic E-state index is 13.3. The summed E-state index contributed by atoms with van der Waals surface area (Å²) < 4.78 is 23.4.